The number of likely N-dealkylation sites (N-methyl/N-ethyl adjacent to an activating group) is 1. The molecule has 1 heterocycles. The number of nitriles is 1. The fourth-order valence-electron chi connectivity index (χ4n) is 2.20. The molecule has 1 aromatic carbocycles. The lowest BCUT2D eigenvalue weighted by molar-refractivity contribution is -0.115. The summed E-state index contributed by atoms with van der Waals surface area (Å²) in [4.78, 5) is 27.8. The number of amides is 2. The first-order chi connectivity index (χ1) is 10.1. The fraction of sp³-hybridized carbons (Fsp3) is 0.400. The molecule has 2 amide bonds. The molecule has 2 rings (SSSR count). The molecule has 1 saturated heterocycles. The van der Waals surface area contributed by atoms with E-state index in [1.54, 1.807) is 30.3 Å². The van der Waals surface area contributed by atoms with Gasteiger partial charge in [-0.15, -0.1) is 0 Å². The normalized spacial score (nSPS) is 15.3. The van der Waals surface area contributed by atoms with Crippen LogP contribution < -0.4 is 5.32 Å². The van der Waals surface area contributed by atoms with Crippen molar-refractivity contribution >= 4 is 17.5 Å². The standard InChI is InChI=1S/C15H18N4O2/c1-18-7-9-19(10-8-18)15(21)12-3-2-4-13(11-12)17-14(20)5-6-16/h2-4,11H,5,7-10H2,1H3,(H,17,20). The van der Waals surface area contributed by atoms with Crippen LogP contribution in [0.4, 0.5) is 5.69 Å². The summed E-state index contributed by atoms with van der Waals surface area (Å²) in [6, 6.07) is 8.61. The first-order valence-corrected chi connectivity index (χ1v) is 6.85. The maximum Gasteiger partial charge on any atom is 0.254 e. The number of anilines is 1. The zero-order valence-electron chi connectivity index (χ0n) is 12.0. The Hall–Kier alpha value is -2.39. The molecular weight excluding hydrogens is 268 g/mol. The molecule has 0 radical (unpaired) electrons. The van der Waals surface area contributed by atoms with E-state index in [2.05, 4.69) is 10.2 Å². The molecule has 6 nitrogen and oxygen atoms in total. The van der Waals surface area contributed by atoms with Crippen molar-refractivity contribution in [3.63, 3.8) is 0 Å². The second-order valence-electron chi connectivity index (χ2n) is 5.06. The van der Waals surface area contributed by atoms with Gasteiger partial charge in [0.15, 0.2) is 0 Å². The van der Waals surface area contributed by atoms with Gasteiger partial charge in [0.05, 0.1) is 6.07 Å². The highest BCUT2D eigenvalue weighted by Gasteiger charge is 2.20. The SMILES string of the molecule is CN1CCN(C(=O)c2cccc(NC(=O)CC#N)c2)CC1. The first kappa shape index (κ1) is 15.0. The summed E-state index contributed by atoms with van der Waals surface area (Å²) in [5, 5.41) is 11.1. The molecular formula is C15H18N4O2. The topological polar surface area (TPSA) is 76.4 Å². The summed E-state index contributed by atoms with van der Waals surface area (Å²) in [6.45, 7) is 3.15. The van der Waals surface area contributed by atoms with Crippen LogP contribution in [0.15, 0.2) is 24.3 Å². The number of rotatable bonds is 3. The van der Waals surface area contributed by atoms with Crippen LogP contribution in [0.1, 0.15) is 16.8 Å². The van der Waals surface area contributed by atoms with E-state index in [0.29, 0.717) is 24.3 Å². The van der Waals surface area contributed by atoms with E-state index in [9.17, 15) is 9.59 Å². The van der Waals surface area contributed by atoms with Crippen LogP contribution in [-0.2, 0) is 4.79 Å². The monoisotopic (exact) mass is 286 g/mol. The predicted octanol–water partition coefficient (Wildman–Crippen LogP) is 0.926. The molecule has 0 bridgehead atoms. The van der Waals surface area contributed by atoms with E-state index in [4.69, 9.17) is 5.26 Å². The zero-order chi connectivity index (χ0) is 15.2. The van der Waals surface area contributed by atoms with Gasteiger partial charge in [-0.3, -0.25) is 9.59 Å². The van der Waals surface area contributed by atoms with Gasteiger partial charge in [0.2, 0.25) is 5.91 Å². The molecule has 1 aliphatic heterocycles. The van der Waals surface area contributed by atoms with E-state index < -0.39 is 0 Å². The molecule has 6 heteroatoms. The van der Waals surface area contributed by atoms with Gasteiger partial charge in [-0.1, -0.05) is 6.07 Å². The van der Waals surface area contributed by atoms with Crippen LogP contribution in [0.25, 0.3) is 0 Å². The molecule has 1 aliphatic rings. The van der Waals surface area contributed by atoms with Crippen LogP contribution >= 0.6 is 0 Å². The lowest BCUT2D eigenvalue weighted by Gasteiger charge is -2.32. The summed E-state index contributed by atoms with van der Waals surface area (Å²) in [5.74, 6) is -0.402. The van der Waals surface area contributed by atoms with Crippen molar-refractivity contribution in [2.75, 3.05) is 38.5 Å². The van der Waals surface area contributed by atoms with Gasteiger partial charge in [-0.25, -0.2) is 0 Å². The Kier molecular flexibility index (Phi) is 4.90. The Morgan fingerprint density at radius 1 is 1.29 bits per heavy atom. The van der Waals surface area contributed by atoms with Crippen LogP contribution in [-0.4, -0.2) is 54.8 Å². The average molecular weight is 286 g/mol. The van der Waals surface area contributed by atoms with Crippen molar-refractivity contribution in [3.8, 4) is 6.07 Å². The number of piperazine rings is 1. The van der Waals surface area contributed by atoms with E-state index in [0.717, 1.165) is 13.1 Å². The van der Waals surface area contributed by atoms with Crippen LogP contribution in [0.2, 0.25) is 0 Å². The maximum absolute atomic E-state index is 12.4. The van der Waals surface area contributed by atoms with Gasteiger partial charge in [0.25, 0.3) is 5.91 Å². The van der Waals surface area contributed by atoms with Gasteiger partial charge in [-0.05, 0) is 25.2 Å². The Morgan fingerprint density at radius 2 is 2.00 bits per heavy atom. The molecule has 1 fully saturated rings. The fourth-order valence-corrected chi connectivity index (χ4v) is 2.20. The third-order valence-corrected chi connectivity index (χ3v) is 3.42. The number of carbonyl (C=O) groups excluding carboxylic acids is 2. The van der Waals surface area contributed by atoms with Crippen molar-refractivity contribution in [1.29, 1.82) is 5.26 Å². The minimum atomic E-state index is -0.373. The smallest absolute Gasteiger partial charge is 0.254 e. The lowest BCUT2D eigenvalue weighted by atomic mass is 10.1. The van der Waals surface area contributed by atoms with Crippen LogP contribution in [0, 0.1) is 11.3 Å². The van der Waals surface area contributed by atoms with E-state index in [1.807, 2.05) is 11.9 Å². The Labute approximate surface area is 123 Å². The Morgan fingerprint density at radius 3 is 2.67 bits per heavy atom. The molecule has 0 unspecified atom stereocenters. The highest BCUT2D eigenvalue weighted by molar-refractivity contribution is 5.97. The molecule has 1 N–H and O–H groups in total. The number of nitrogens with zero attached hydrogens (tertiary/aromatic N) is 3. The molecule has 110 valence electrons. The number of hydrogen-bond donors (Lipinski definition) is 1. The van der Waals surface area contributed by atoms with Gasteiger partial charge < -0.3 is 15.1 Å². The summed E-state index contributed by atoms with van der Waals surface area (Å²) < 4.78 is 0. The van der Waals surface area contributed by atoms with Crippen LogP contribution in [0.3, 0.4) is 0 Å². The van der Waals surface area contributed by atoms with E-state index in [-0.39, 0.29) is 18.2 Å². The number of nitrogens with one attached hydrogen (secondary N) is 1. The molecule has 1 aromatic rings. The first-order valence-electron chi connectivity index (χ1n) is 6.85. The number of benzene rings is 1. The third-order valence-electron chi connectivity index (χ3n) is 3.42. The second-order valence-corrected chi connectivity index (χ2v) is 5.06. The van der Waals surface area contributed by atoms with Gasteiger partial charge in [-0.2, -0.15) is 5.26 Å². The lowest BCUT2D eigenvalue weighted by Crippen LogP contribution is -2.47. The molecule has 0 spiro atoms. The Bertz CT molecular complexity index is 571. The number of carbonyl (C=O) groups is 2. The number of hydrogen-bond acceptors (Lipinski definition) is 4. The summed E-state index contributed by atoms with van der Waals surface area (Å²) in [6.07, 6.45) is -0.198. The predicted molar refractivity (Wildman–Crippen MR) is 78.7 cm³/mol. The largest absolute Gasteiger partial charge is 0.336 e. The van der Waals surface area contributed by atoms with Crippen molar-refractivity contribution in [1.82, 2.24) is 9.80 Å². The van der Waals surface area contributed by atoms with Crippen molar-refractivity contribution in [2.45, 2.75) is 6.42 Å². The highest BCUT2D eigenvalue weighted by Crippen LogP contribution is 2.14. The minimum Gasteiger partial charge on any atom is -0.336 e. The highest BCUT2D eigenvalue weighted by atomic mass is 16.2. The van der Waals surface area contributed by atoms with Crippen molar-refractivity contribution in [3.05, 3.63) is 29.8 Å². The molecule has 0 atom stereocenters. The Balaban J connectivity index is 2.05. The molecule has 0 saturated carbocycles. The summed E-state index contributed by atoms with van der Waals surface area (Å²) in [7, 11) is 2.03. The van der Waals surface area contributed by atoms with Gasteiger partial charge in [0.1, 0.15) is 6.42 Å². The van der Waals surface area contributed by atoms with Gasteiger partial charge in [0, 0.05) is 37.4 Å². The van der Waals surface area contributed by atoms with Crippen molar-refractivity contribution in [2.24, 2.45) is 0 Å². The van der Waals surface area contributed by atoms with E-state index >= 15 is 0 Å². The minimum absolute atomic E-state index is 0.0283. The van der Waals surface area contributed by atoms with Crippen molar-refractivity contribution < 1.29 is 9.59 Å². The molecule has 0 aromatic heterocycles. The molecule has 21 heavy (non-hydrogen) atoms. The second kappa shape index (κ2) is 6.86. The maximum atomic E-state index is 12.4. The van der Waals surface area contributed by atoms with Crippen LogP contribution in [0.5, 0.6) is 0 Å². The quantitative estimate of drug-likeness (QED) is 0.896. The summed E-state index contributed by atoms with van der Waals surface area (Å²) >= 11 is 0. The third kappa shape index (κ3) is 4.04. The molecule has 0 aliphatic carbocycles. The zero-order valence-corrected chi connectivity index (χ0v) is 12.0. The van der Waals surface area contributed by atoms with E-state index in [1.165, 1.54) is 0 Å². The van der Waals surface area contributed by atoms with Gasteiger partial charge >= 0.3 is 0 Å². The summed E-state index contributed by atoms with van der Waals surface area (Å²) in [5.41, 5.74) is 1.09. The average Bonchev–Trinajstić information content (AvgIpc) is 2.48.